The van der Waals surface area contributed by atoms with Crippen LogP contribution >= 0.6 is 11.6 Å². The summed E-state index contributed by atoms with van der Waals surface area (Å²) in [5.41, 5.74) is 0.929. The van der Waals surface area contributed by atoms with Crippen molar-refractivity contribution in [1.82, 2.24) is 19.7 Å². The second-order valence-electron chi connectivity index (χ2n) is 6.52. The largest absolute Gasteiger partial charge is 0.391 e. The Balaban J connectivity index is 1.56. The molecule has 6 nitrogen and oxygen atoms in total. The van der Waals surface area contributed by atoms with E-state index in [9.17, 15) is 9.90 Å². The van der Waals surface area contributed by atoms with E-state index in [0.717, 1.165) is 24.2 Å². The van der Waals surface area contributed by atoms with Crippen LogP contribution in [-0.4, -0.2) is 43.3 Å². The van der Waals surface area contributed by atoms with Crippen molar-refractivity contribution in [2.75, 3.05) is 6.54 Å². The van der Waals surface area contributed by atoms with Crippen LogP contribution in [0.2, 0.25) is 5.02 Å². The van der Waals surface area contributed by atoms with Crippen LogP contribution in [0.3, 0.4) is 0 Å². The van der Waals surface area contributed by atoms with Gasteiger partial charge in [-0.15, -0.1) is 10.2 Å². The molecule has 4 rings (SSSR count). The molecule has 24 heavy (non-hydrogen) atoms. The smallest absolute Gasteiger partial charge is 0.228 e. The topological polar surface area (TPSA) is 71.2 Å². The third-order valence-electron chi connectivity index (χ3n) is 5.04. The van der Waals surface area contributed by atoms with Gasteiger partial charge in [-0.2, -0.15) is 0 Å². The minimum atomic E-state index is -0.538. The Morgan fingerprint density at radius 2 is 2.04 bits per heavy atom. The Kier molecular flexibility index (Phi) is 4.02. The second-order valence-corrected chi connectivity index (χ2v) is 6.96. The summed E-state index contributed by atoms with van der Waals surface area (Å²) in [6, 6.07) is 7.09. The number of carbonyl (C=O) groups excluding carboxylic acids is 1. The summed E-state index contributed by atoms with van der Waals surface area (Å²) in [5, 5.41) is 19.0. The zero-order valence-electron chi connectivity index (χ0n) is 13.2. The van der Waals surface area contributed by atoms with Crippen LogP contribution in [0.1, 0.15) is 30.3 Å². The highest BCUT2D eigenvalue weighted by atomic mass is 35.5. The Morgan fingerprint density at radius 1 is 1.25 bits per heavy atom. The predicted molar refractivity (Wildman–Crippen MR) is 88.4 cm³/mol. The van der Waals surface area contributed by atoms with Crippen molar-refractivity contribution in [1.29, 1.82) is 0 Å². The van der Waals surface area contributed by atoms with E-state index in [-0.39, 0.29) is 17.9 Å². The number of aliphatic hydroxyl groups excluding tert-OH is 1. The van der Waals surface area contributed by atoms with Crippen molar-refractivity contribution in [3.8, 4) is 0 Å². The van der Waals surface area contributed by atoms with Crippen molar-refractivity contribution in [2.45, 2.75) is 38.0 Å². The van der Waals surface area contributed by atoms with Crippen molar-refractivity contribution >= 4 is 17.5 Å². The lowest BCUT2D eigenvalue weighted by Crippen LogP contribution is -2.40. The van der Waals surface area contributed by atoms with Gasteiger partial charge in [0.05, 0.1) is 18.1 Å². The molecule has 1 unspecified atom stereocenters. The monoisotopic (exact) mass is 346 g/mol. The molecule has 126 valence electrons. The number of hydrogen-bond donors (Lipinski definition) is 1. The molecule has 1 amide bonds. The maximum Gasteiger partial charge on any atom is 0.228 e. The number of halogens is 1. The maximum atomic E-state index is 13.1. The van der Waals surface area contributed by atoms with Gasteiger partial charge in [0.2, 0.25) is 5.91 Å². The Morgan fingerprint density at radius 3 is 2.83 bits per heavy atom. The van der Waals surface area contributed by atoms with Crippen LogP contribution in [-0.2, 0) is 17.8 Å². The average molecular weight is 347 g/mol. The number of amides is 1. The summed E-state index contributed by atoms with van der Waals surface area (Å²) in [5.74, 6) is 0.953. The standard InChI is InChI=1S/C17H19ClN4O2/c18-13-4-1-11(2-5-13)16-14(23)7-8-22(16)17(24)12-3-6-15-20-19-10-21(15)9-12/h1-2,4-5,10,12,14,16,23H,3,6-9H2/t12?,14-,16-/m1/s1. The zero-order valence-corrected chi connectivity index (χ0v) is 13.9. The second kappa shape index (κ2) is 6.18. The average Bonchev–Trinajstić information content (AvgIpc) is 3.21. The number of likely N-dealkylation sites (tertiary alicyclic amines) is 1. The number of aliphatic hydroxyl groups is 1. The normalized spacial score (nSPS) is 26.4. The van der Waals surface area contributed by atoms with Crippen LogP contribution < -0.4 is 0 Å². The third kappa shape index (κ3) is 2.70. The third-order valence-corrected chi connectivity index (χ3v) is 5.29. The molecule has 1 N–H and O–H groups in total. The van der Waals surface area contributed by atoms with Crippen LogP contribution in [0.4, 0.5) is 0 Å². The predicted octanol–water partition coefficient (Wildman–Crippen LogP) is 1.83. The molecule has 0 saturated carbocycles. The summed E-state index contributed by atoms with van der Waals surface area (Å²) in [4.78, 5) is 14.9. The Labute approximate surface area is 145 Å². The maximum absolute atomic E-state index is 13.1. The molecule has 3 atom stereocenters. The molecule has 0 bridgehead atoms. The number of aryl methyl sites for hydroxylation is 1. The molecule has 1 aromatic heterocycles. The highest BCUT2D eigenvalue weighted by Gasteiger charge is 2.40. The fraction of sp³-hybridized carbons (Fsp3) is 0.471. The van der Waals surface area contributed by atoms with Gasteiger partial charge in [0.1, 0.15) is 12.2 Å². The van der Waals surface area contributed by atoms with Gasteiger partial charge in [-0.3, -0.25) is 4.79 Å². The first-order valence-electron chi connectivity index (χ1n) is 8.24. The lowest BCUT2D eigenvalue weighted by molar-refractivity contribution is -0.138. The minimum Gasteiger partial charge on any atom is -0.391 e. The van der Waals surface area contributed by atoms with Crippen molar-refractivity contribution < 1.29 is 9.90 Å². The van der Waals surface area contributed by atoms with E-state index >= 15 is 0 Å². The van der Waals surface area contributed by atoms with E-state index in [1.165, 1.54) is 0 Å². The molecule has 3 heterocycles. The Hall–Kier alpha value is -1.92. The number of fused-ring (bicyclic) bond motifs is 1. The van der Waals surface area contributed by atoms with Crippen LogP contribution in [0.15, 0.2) is 30.6 Å². The summed E-state index contributed by atoms with van der Waals surface area (Å²) < 4.78 is 1.95. The molecule has 2 aromatic rings. The first-order valence-corrected chi connectivity index (χ1v) is 8.62. The van der Waals surface area contributed by atoms with Gasteiger partial charge in [0.15, 0.2) is 0 Å². The molecule has 1 saturated heterocycles. The summed E-state index contributed by atoms with van der Waals surface area (Å²) in [6.07, 6.45) is 3.29. The first-order chi connectivity index (χ1) is 11.6. The van der Waals surface area contributed by atoms with Crippen molar-refractivity contribution in [3.63, 3.8) is 0 Å². The van der Waals surface area contributed by atoms with Gasteiger partial charge in [0.25, 0.3) is 0 Å². The Bertz CT molecular complexity index is 745. The van der Waals surface area contributed by atoms with Gasteiger partial charge >= 0.3 is 0 Å². The van der Waals surface area contributed by atoms with E-state index in [1.54, 1.807) is 18.5 Å². The lowest BCUT2D eigenvalue weighted by atomic mass is 9.96. The van der Waals surface area contributed by atoms with E-state index in [1.807, 2.05) is 21.6 Å². The lowest BCUT2D eigenvalue weighted by Gasteiger charge is -2.32. The van der Waals surface area contributed by atoms with Crippen LogP contribution in [0.25, 0.3) is 0 Å². The van der Waals surface area contributed by atoms with E-state index in [0.29, 0.717) is 24.5 Å². The van der Waals surface area contributed by atoms with E-state index in [2.05, 4.69) is 10.2 Å². The molecule has 2 aliphatic heterocycles. The fourth-order valence-electron chi connectivity index (χ4n) is 3.78. The molecule has 7 heteroatoms. The molecular weight excluding hydrogens is 328 g/mol. The quantitative estimate of drug-likeness (QED) is 0.900. The van der Waals surface area contributed by atoms with Gasteiger partial charge in [0, 0.05) is 24.5 Å². The minimum absolute atomic E-state index is 0.0893. The molecular formula is C17H19ClN4O2. The number of aromatic nitrogens is 3. The van der Waals surface area contributed by atoms with Gasteiger partial charge in [-0.25, -0.2) is 0 Å². The highest BCUT2D eigenvalue weighted by molar-refractivity contribution is 6.30. The number of benzene rings is 1. The van der Waals surface area contributed by atoms with Crippen LogP contribution in [0, 0.1) is 5.92 Å². The van der Waals surface area contributed by atoms with Gasteiger partial charge < -0.3 is 14.6 Å². The molecule has 1 fully saturated rings. The summed E-state index contributed by atoms with van der Waals surface area (Å²) in [6.45, 7) is 1.19. The zero-order chi connectivity index (χ0) is 16.7. The molecule has 0 spiro atoms. The molecule has 2 aliphatic rings. The SMILES string of the molecule is O=C(C1CCc2nncn2C1)N1CC[C@@H](O)[C@H]1c1ccc(Cl)cc1. The van der Waals surface area contributed by atoms with Gasteiger partial charge in [-0.1, -0.05) is 23.7 Å². The first kappa shape index (κ1) is 15.6. The number of nitrogens with zero attached hydrogens (tertiary/aromatic N) is 4. The van der Waals surface area contributed by atoms with Crippen LogP contribution in [0.5, 0.6) is 0 Å². The summed E-state index contributed by atoms with van der Waals surface area (Å²) in [7, 11) is 0. The fourth-order valence-corrected chi connectivity index (χ4v) is 3.90. The van der Waals surface area contributed by atoms with Crippen molar-refractivity contribution in [3.05, 3.63) is 47.0 Å². The number of hydrogen-bond acceptors (Lipinski definition) is 4. The molecule has 1 aromatic carbocycles. The van der Waals surface area contributed by atoms with Crippen molar-refractivity contribution in [2.24, 2.45) is 5.92 Å². The molecule has 0 aliphatic carbocycles. The van der Waals surface area contributed by atoms with E-state index in [4.69, 9.17) is 11.6 Å². The number of rotatable bonds is 2. The highest BCUT2D eigenvalue weighted by Crippen LogP contribution is 2.35. The number of carbonyl (C=O) groups is 1. The summed E-state index contributed by atoms with van der Waals surface area (Å²) >= 11 is 5.95. The van der Waals surface area contributed by atoms with E-state index < -0.39 is 6.10 Å². The molecule has 0 radical (unpaired) electrons. The van der Waals surface area contributed by atoms with Gasteiger partial charge in [-0.05, 0) is 30.5 Å².